The fraction of sp³-hybridized carbons (Fsp3) is 0.467. The van der Waals surface area contributed by atoms with E-state index >= 15 is 0 Å². The first-order valence-electron chi connectivity index (χ1n) is 6.73. The highest BCUT2D eigenvalue weighted by molar-refractivity contribution is 5.83. The molecule has 1 atom stereocenters. The van der Waals surface area contributed by atoms with E-state index < -0.39 is 18.0 Å². The summed E-state index contributed by atoms with van der Waals surface area (Å²) in [7, 11) is 2.89. The van der Waals surface area contributed by atoms with Crippen molar-refractivity contribution in [3.8, 4) is 5.75 Å². The van der Waals surface area contributed by atoms with Crippen LogP contribution >= 0.6 is 0 Å². The molecule has 0 radical (unpaired) electrons. The zero-order chi connectivity index (χ0) is 15.8. The molecule has 2 amide bonds. The molecule has 0 fully saturated rings. The molecule has 1 rings (SSSR count). The van der Waals surface area contributed by atoms with Crippen LogP contribution in [0.2, 0.25) is 0 Å². The Morgan fingerprint density at radius 1 is 1.24 bits per heavy atom. The molecule has 0 saturated carbocycles. The smallest absolute Gasteiger partial charge is 0.328 e. The van der Waals surface area contributed by atoms with Gasteiger partial charge in [-0.2, -0.15) is 0 Å². The molecule has 0 saturated heterocycles. The van der Waals surface area contributed by atoms with Gasteiger partial charge in [0.25, 0.3) is 0 Å². The highest BCUT2D eigenvalue weighted by atomic mass is 16.5. The van der Waals surface area contributed by atoms with E-state index in [2.05, 4.69) is 15.4 Å². The summed E-state index contributed by atoms with van der Waals surface area (Å²) in [6.07, 6.45) is 0. The Morgan fingerprint density at radius 3 is 2.52 bits per heavy atom. The van der Waals surface area contributed by atoms with E-state index in [1.165, 1.54) is 7.11 Å². The van der Waals surface area contributed by atoms with Crippen LogP contribution in [0, 0.1) is 5.92 Å². The molecule has 1 aromatic carbocycles. The lowest BCUT2D eigenvalue weighted by molar-refractivity contribution is -0.143. The van der Waals surface area contributed by atoms with Crippen molar-refractivity contribution in [1.82, 2.24) is 10.6 Å². The van der Waals surface area contributed by atoms with E-state index in [-0.39, 0.29) is 5.92 Å². The van der Waals surface area contributed by atoms with Gasteiger partial charge in [-0.3, -0.25) is 0 Å². The summed E-state index contributed by atoms with van der Waals surface area (Å²) < 4.78 is 9.78. The number of nitrogens with one attached hydrogen (secondary N) is 2. The van der Waals surface area contributed by atoms with Gasteiger partial charge in [0.05, 0.1) is 14.2 Å². The lowest BCUT2D eigenvalue weighted by Gasteiger charge is -2.20. The summed E-state index contributed by atoms with van der Waals surface area (Å²) in [4.78, 5) is 23.4. The number of hydrogen-bond donors (Lipinski definition) is 2. The van der Waals surface area contributed by atoms with Crippen LogP contribution in [0.1, 0.15) is 19.4 Å². The van der Waals surface area contributed by atoms with Crippen molar-refractivity contribution in [1.29, 1.82) is 0 Å². The summed E-state index contributed by atoms with van der Waals surface area (Å²) in [5, 5.41) is 5.31. The van der Waals surface area contributed by atoms with Gasteiger partial charge in [-0.05, 0) is 23.6 Å². The molecule has 0 aromatic heterocycles. The maximum absolute atomic E-state index is 11.8. The fourth-order valence-corrected chi connectivity index (χ4v) is 1.78. The Hall–Kier alpha value is -2.24. The zero-order valence-electron chi connectivity index (χ0n) is 12.8. The molecule has 0 aliphatic carbocycles. The summed E-state index contributed by atoms with van der Waals surface area (Å²) >= 11 is 0. The van der Waals surface area contributed by atoms with Gasteiger partial charge in [-0.1, -0.05) is 26.0 Å². The van der Waals surface area contributed by atoms with Crippen molar-refractivity contribution in [2.45, 2.75) is 26.4 Å². The van der Waals surface area contributed by atoms with Crippen molar-refractivity contribution in [2.24, 2.45) is 5.92 Å². The minimum absolute atomic E-state index is 0.0555. The Kier molecular flexibility index (Phi) is 6.52. The summed E-state index contributed by atoms with van der Waals surface area (Å²) in [6.45, 7) is 4.02. The predicted octanol–water partition coefficient (Wildman–Crippen LogP) is 1.69. The number of methoxy groups -OCH3 is 2. The molecule has 0 unspecified atom stereocenters. The molecule has 0 aliphatic heterocycles. The van der Waals surface area contributed by atoms with Gasteiger partial charge in [-0.25, -0.2) is 9.59 Å². The van der Waals surface area contributed by atoms with Crippen molar-refractivity contribution >= 4 is 12.0 Å². The highest BCUT2D eigenvalue weighted by Gasteiger charge is 2.24. The van der Waals surface area contributed by atoms with Crippen LogP contribution in [-0.2, 0) is 16.1 Å². The van der Waals surface area contributed by atoms with Crippen LogP contribution in [-0.4, -0.2) is 32.3 Å². The maximum Gasteiger partial charge on any atom is 0.328 e. The minimum atomic E-state index is -0.666. The van der Waals surface area contributed by atoms with Crippen LogP contribution in [0.5, 0.6) is 5.75 Å². The van der Waals surface area contributed by atoms with E-state index in [4.69, 9.17) is 4.74 Å². The number of carbonyl (C=O) groups excluding carboxylic acids is 2. The van der Waals surface area contributed by atoms with Crippen LogP contribution in [0.3, 0.4) is 0 Å². The molecular weight excluding hydrogens is 272 g/mol. The molecule has 0 aliphatic rings. The van der Waals surface area contributed by atoms with Crippen molar-refractivity contribution in [2.75, 3.05) is 14.2 Å². The van der Waals surface area contributed by atoms with Crippen LogP contribution in [0.25, 0.3) is 0 Å². The van der Waals surface area contributed by atoms with E-state index in [9.17, 15) is 9.59 Å². The standard InChI is InChI=1S/C15H22N2O4/c1-10(2)13(14(18)21-4)17-15(19)16-9-11-6-5-7-12(8-11)20-3/h5-8,10,13H,9H2,1-4H3,(H2,16,17,19)/t13-/m0/s1. The molecule has 116 valence electrons. The molecule has 1 aromatic rings. The van der Waals surface area contributed by atoms with Crippen LogP contribution in [0.4, 0.5) is 4.79 Å². The van der Waals surface area contributed by atoms with Gasteiger partial charge < -0.3 is 20.1 Å². The Balaban J connectivity index is 2.54. The first-order valence-corrected chi connectivity index (χ1v) is 6.73. The lowest BCUT2D eigenvalue weighted by atomic mass is 10.1. The molecule has 6 nitrogen and oxygen atoms in total. The van der Waals surface area contributed by atoms with Gasteiger partial charge in [0.15, 0.2) is 0 Å². The Labute approximate surface area is 124 Å². The second-order valence-electron chi connectivity index (χ2n) is 4.92. The van der Waals surface area contributed by atoms with E-state index in [1.54, 1.807) is 7.11 Å². The lowest BCUT2D eigenvalue weighted by Crippen LogP contribution is -2.48. The highest BCUT2D eigenvalue weighted by Crippen LogP contribution is 2.12. The Bertz CT molecular complexity index is 488. The average molecular weight is 294 g/mol. The van der Waals surface area contributed by atoms with Crippen molar-refractivity contribution in [3.05, 3.63) is 29.8 Å². The third-order valence-electron chi connectivity index (χ3n) is 3.00. The molecule has 21 heavy (non-hydrogen) atoms. The summed E-state index contributed by atoms with van der Waals surface area (Å²) in [6, 6.07) is 6.31. The predicted molar refractivity (Wildman–Crippen MR) is 79.0 cm³/mol. The van der Waals surface area contributed by atoms with E-state index in [1.807, 2.05) is 38.1 Å². The number of urea groups is 1. The average Bonchev–Trinajstić information content (AvgIpc) is 2.49. The summed E-state index contributed by atoms with van der Waals surface area (Å²) in [5.74, 6) is 0.214. The number of ether oxygens (including phenoxy) is 2. The molecule has 6 heteroatoms. The molecule has 0 heterocycles. The maximum atomic E-state index is 11.8. The van der Waals surface area contributed by atoms with Crippen LogP contribution in [0.15, 0.2) is 24.3 Å². The number of esters is 1. The van der Waals surface area contributed by atoms with Crippen molar-refractivity contribution in [3.63, 3.8) is 0 Å². The van der Waals surface area contributed by atoms with Gasteiger partial charge in [-0.15, -0.1) is 0 Å². The number of benzene rings is 1. The SMILES string of the molecule is COC(=O)[C@@H](NC(=O)NCc1cccc(OC)c1)C(C)C. The Morgan fingerprint density at radius 2 is 1.95 bits per heavy atom. The molecular formula is C15H22N2O4. The fourth-order valence-electron chi connectivity index (χ4n) is 1.78. The first kappa shape index (κ1) is 16.8. The van der Waals surface area contributed by atoms with E-state index in [0.717, 1.165) is 11.3 Å². The molecule has 0 spiro atoms. The number of amides is 2. The third kappa shape index (κ3) is 5.33. The number of carbonyl (C=O) groups is 2. The van der Waals surface area contributed by atoms with E-state index in [0.29, 0.717) is 6.54 Å². The summed E-state index contributed by atoms with van der Waals surface area (Å²) in [5.41, 5.74) is 0.906. The second-order valence-corrected chi connectivity index (χ2v) is 4.92. The molecule has 0 bridgehead atoms. The number of hydrogen-bond acceptors (Lipinski definition) is 4. The quantitative estimate of drug-likeness (QED) is 0.783. The normalized spacial score (nSPS) is 11.7. The zero-order valence-corrected chi connectivity index (χ0v) is 12.8. The largest absolute Gasteiger partial charge is 0.497 e. The van der Waals surface area contributed by atoms with Gasteiger partial charge in [0.1, 0.15) is 11.8 Å². The second kappa shape index (κ2) is 8.14. The first-order chi connectivity index (χ1) is 9.97. The van der Waals surface area contributed by atoms with Gasteiger partial charge in [0, 0.05) is 6.54 Å². The molecule has 2 N–H and O–H groups in total. The monoisotopic (exact) mass is 294 g/mol. The minimum Gasteiger partial charge on any atom is -0.497 e. The number of rotatable bonds is 6. The van der Waals surface area contributed by atoms with Crippen molar-refractivity contribution < 1.29 is 19.1 Å². The topological polar surface area (TPSA) is 76.7 Å². The van der Waals surface area contributed by atoms with Crippen LogP contribution < -0.4 is 15.4 Å². The van der Waals surface area contributed by atoms with Gasteiger partial charge >= 0.3 is 12.0 Å². The third-order valence-corrected chi connectivity index (χ3v) is 3.00. The van der Waals surface area contributed by atoms with Gasteiger partial charge in [0.2, 0.25) is 0 Å².